The molecule has 0 fully saturated rings. The van der Waals surface area contributed by atoms with Crippen LogP contribution in [0.2, 0.25) is 0 Å². The van der Waals surface area contributed by atoms with E-state index in [0.29, 0.717) is 5.56 Å². The Bertz CT molecular complexity index is 2020. The Labute approximate surface area is 288 Å². The number of phenols is 6. The van der Waals surface area contributed by atoms with E-state index >= 15 is 0 Å². The Kier molecular flexibility index (Phi) is 10.2. The van der Waals surface area contributed by atoms with Gasteiger partial charge in [0.05, 0.1) is 0 Å². The maximum atomic E-state index is 13.9. The van der Waals surface area contributed by atoms with Crippen molar-refractivity contribution in [3.63, 3.8) is 0 Å². The lowest BCUT2D eigenvalue weighted by Crippen LogP contribution is -2.32. The van der Waals surface area contributed by atoms with E-state index in [2.05, 4.69) is 0 Å². The lowest BCUT2D eigenvalue weighted by molar-refractivity contribution is -0.166. The summed E-state index contributed by atoms with van der Waals surface area (Å²) >= 11 is 0. The van der Waals surface area contributed by atoms with Gasteiger partial charge in [0.25, 0.3) is 0 Å². The van der Waals surface area contributed by atoms with Crippen molar-refractivity contribution in [2.75, 3.05) is 0 Å². The van der Waals surface area contributed by atoms with Crippen molar-refractivity contribution in [1.29, 1.82) is 0 Å². The van der Waals surface area contributed by atoms with Gasteiger partial charge in [-0.05, 0) is 70.8 Å². The fourth-order valence-electron chi connectivity index (χ4n) is 5.42. The van der Waals surface area contributed by atoms with Gasteiger partial charge in [-0.25, -0.2) is 14.4 Å². The lowest BCUT2D eigenvalue weighted by Gasteiger charge is -2.22. The molecule has 15 heteroatoms. The number of carbonyl (C=O) groups is 4. The van der Waals surface area contributed by atoms with Gasteiger partial charge in [0.1, 0.15) is 17.8 Å². The molecule has 5 rings (SSSR count). The monoisotopic (exact) mass is 702 g/mol. The van der Waals surface area contributed by atoms with Crippen molar-refractivity contribution in [3.8, 4) is 40.2 Å². The minimum Gasteiger partial charge on any atom is -0.508 e. The number of ether oxygens (including phenoxy) is 3. The summed E-state index contributed by atoms with van der Waals surface area (Å²) in [5, 5.41) is 79.2. The summed E-state index contributed by atoms with van der Waals surface area (Å²) in [6.45, 7) is 0. The van der Waals surface area contributed by atoms with Crippen LogP contribution in [-0.4, -0.2) is 76.9 Å². The number of carboxylic acids is 2. The molecule has 0 saturated carbocycles. The Morgan fingerprint density at radius 2 is 1.24 bits per heavy atom. The predicted molar refractivity (Wildman–Crippen MR) is 173 cm³/mol. The smallest absolute Gasteiger partial charge is 0.345 e. The molecule has 0 aromatic heterocycles. The summed E-state index contributed by atoms with van der Waals surface area (Å²) in [5.74, 6) is -9.55. The molecule has 51 heavy (non-hydrogen) atoms. The average Bonchev–Trinajstić information content (AvgIpc) is 3.49. The molecule has 1 aliphatic rings. The van der Waals surface area contributed by atoms with Crippen LogP contribution < -0.4 is 4.74 Å². The molecule has 0 saturated heterocycles. The van der Waals surface area contributed by atoms with Crippen LogP contribution in [0.1, 0.15) is 39.8 Å². The summed E-state index contributed by atoms with van der Waals surface area (Å²) in [4.78, 5) is 50.8. The van der Waals surface area contributed by atoms with Crippen LogP contribution in [0, 0.1) is 0 Å². The van der Waals surface area contributed by atoms with Gasteiger partial charge in [-0.15, -0.1) is 0 Å². The molecule has 0 aliphatic carbocycles. The van der Waals surface area contributed by atoms with Crippen LogP contribution in [0.4, 0.5) is 0 Å². The van der Waals surface area contributed by atoms with Gasteiger partial charge in [0.15, 0.2) is 34.5 Å². The highest BCUT2D eigenvalue weighted by molar-refractivity contribution is 5.92. The van der Waals surface area contributed by atoms with Crippen molar-refractivity contribution >= 4 is 30.0 Å². The number of hydrogen-bond donors (Lipinski definition) is 8. The van der Waals surface area contributed by atoms with Crippen molar-refractivity contribution < 1.29 is 74.2 Å². The summed E-state index contributed by atoms with van der Waals surface area (Å²) in [6, 6.07) is 15.1. The van der Waals surface area contributed by atoms with E-state index in [-0.39, 0.29) is 46.6 Å². The zero-order chi connectivity index (χ0) is 37.0. The SMILES string of the molecule is O=C(/C=C/c1ccc(O)c2c1[C@H](C(=O)O[C@H](Cc1ccc(O)cc1)C(=O)O)[C@@H](c1ccc(O)c(O)c1)O2)O[C@H](Cc1ccc(O)c(O)c1)C(=O)O. The van der Waals surface area contributed by atoms with E-state index in [4.69, 9.17) is 14.2 Å². The van der Waals surface area contributed by atoms with Crippen LogP contribution in [-0.2, 0) is 41.5 Å². The Morgan fingerprint density at radius 3 is 1.86 bits per heavy atom. The zero-order valence-corrected chi connectivity index (χ0v) is 26.2. The van der Waals surface area contributed by atoms with Crippen molar-refractivity contribution in [2.24, 2.45) is 0 Å². The second kappa shape index (κ2) is 14.7. The van der Waals surface area contributed by atoms with E-state index in [1.54, 1.807) is 0 Å². The maximum absolute atomic E-state index is 13.9. The molecule has 4 aromatic carbocycles. The first kappa shape index (κ1) is 35.4. The van der Waals surface area contributed by atoms with E-state index in [9.17, 15) is 60.0 Å². The first-order valence-electron chi connectivity index (χ1n) is 15.1. The number of aliphatic carboxylic acids is 2. The molecule has 4 aromatic rings. The molecular weight excluding hydrogens is 672 g/mol. The third kappa shape index (κ3) is 8.05. The standard InChI is InChI=1S/C36H30O15/c37-21-7-1-17(2-8-21)14-28(35(46)47)50-36(48)31-30-19(4-11-24(40)33(30)51-32(31)20-5-10-23(39)26(42)16-20)6-12-29(43)49-27(34(44)45)15-18-3-9-22(38)25(41)13-18/h1-13,16,27-28,31-32,37-42H,14-15H2,(H,44,45)(H,46,47)/b12-6+/t27-,28-,31+,32-/m1/s1. The van der Waals surface area contributed by atoms with Crippen LogP contribution >= 0.6 is 0 Å². The molecule has 8 N–H and O–H groups in total. The Hall–Kier alpha value is -6.90. The molecule has 15 nitrogen and oxygen atoms in total. The van der Waals surface area contributed by atoms with E-state index in [0.717, 1.165) is 36.4 Å². The second-order valence-electron chi connectivity index (χ2n) is 11.4. The normalized spacial score (nSPS) is 16.1. The average molecular weight is 703 g/mol. The molecule has 0 bridgehead atoms. The second-order valence-corrected chi connectivity index (χ2v) is 11.4. The van der Waals surface area contributed by atoms with Crippen LogP contribution in [0.5, 0.6) is 40.2 Å². The van der Waals surface area contributed by atoms with Crippen LogP contribution in [0.3, 0.4) is 0 Å². The molecule has 0 amide bonds. The molecule has 0 radical (unpaired) electrons. The van der Waals surface area contributed by atoms with Gasteiger partial charge in [-0.3, -0.25) is 4.79 Å². The van der Waals surface area contributed by atoms with Gasteiger partial charge in [-0.1, -0.05) is 30.3 Å². The summed E-state index contributed by atoms with van der Waals surface area (Å²) in [5.41, 5.74) is 0.795. The Balaban J connectivity index is 1.47. The zero-order valence-electron chi connectivity index (χ0n) is 26.2. The van der Waals surface area contributed by atoms with Gasteiger partial charge in [0, 0.05) is 24.5 Å². The highest BCUT2D eigenvalue weighted by Crippen LogP contribution is 2.53. The number of benzene rings is 4. The van der Waals surface area contributed by atoms with E-state index in [1.165, 1.54) is 48.5 Å². The van der Waals surface area contributed by atoms with Crippen molar-refractivity contribution in [2.45, 2.75) is 37.1 Å². The Morgan fingerprint density at radius 1 is 0.667 bits per heavy atom. The van der Waals surface area contributed by atoms with Crippen molar-refractivity contribution in [1.82, 2.24) is 0 Å². The largest absolute Gasteiger partial charge is 0.508 e. The molecule has 1 heterocycles. The summed E-state index contributed by atoms with van der Waals surface area (Å²) in [6.07, 6.45) is -3.45. The summed E-state index contributed by atoms with van der Waals surface area (Å²) in [7, 11) is 0. The highest BCUT2D eigenvalue weighted by Gasteiger charge is 2.46. The lowest BCUT2D eigenvalue weighted by atomic mass is 9.87. The van der Waals surface area contributed by atoms with Crippen LogP contribution in [0.25, 0.3) is 6.08 Å². The number of rotatable bonds is 12. The van der Waals surface area contributed by atoms with Crippen LogP contribution in [0.15, 0.2) is 78.9 Å². The van der Waals surface area contributed by atoms with Gasteiger partial charge >= 0.3 is 23.9 Å². The summed E-state index contributed by atoms with van der Waals surface area (Å²) < 4.78 is 16.6. The van der Waals surface area contributed by atoms with Gasteiger partial charge in [-0.2, -0.15) is 0 Å². The third-order valence-electron chi connectivity index (χ3n) is 7.93. The number of phenolic OH excluding ortho intramolecular Hbond substituents is 6. The highest BCUT2D eigenvalue weighted by atomic mass is 16.6. The molecule has 4 atom stereocenters. The number of aromatic hydroxyl groups is 6. The van der Waals surface area contributed by atoms with E-state index < -0.39 is 76.9 Å². The fourth-order valence-corrected chi connectivity index (χ4v) is 5.42. The first-order valence-corrected chi connectivity index (χ1v) is 15.1. The van der Waals surface area contributed by atoms with Gasteiger partial charge in [0.2, 0.25) is 12.2 Å². The predicted octanol–water partition coefficient (Wildman–Crippen LogP) is 3.63. The third-order valence-corrected chi connectivity index (χ3v) is 7.93. The fraction of sp³-hybridized carbons (Fsp3) is 0.167. The minimum absolute atomic E-state index is 0.0512. The number of carboxylic acid groups (broad SMARTS) is 2. The quantitative estimate of drug-likeness (QED) is 0.0596. The number of esters is 2. The minimum atomic E-state index is -1.73. The molecule has 1 aliphatic heterocycles. The molecule has 264 valence electrons. The molecule has 0 unspecified atom stereocenters. The number of carbonyl (C=O) groups excluding carboxylic acids is 2. The maximum Gasteiger partial charge on any atom is 0.345 e. The molecule has 0 spiro atoms. The molecular formula is C36H30O15. The van der Waals surface area contributed by atoms with Crippen molar-refractivity contribution in [3.05, 3.63) is 107 Å². The first-order chi connectivity index (χ1) is 24.2. The van der Waals surface area contributed by atoms with E-state index in [1.807, 2.05) is 0 Å². The number of hydrogen-bond acceptors (Lipinski definition) is 13. The van der Waals surface area contributed by atoms with Gasteiger partial charge < -0.3 is 55.1 Å². The number of fused-ring (bicyclic) bond motifs is 1. The topological polar surface area (TPSA) is 258 Å².